The van der Waals surface area contributed by atoms with Crippen LogP contribution in [0.1, 0.15) is 37.8 Å². The van der Waals surface area contributed by atoms with Gasteiger partial charge in [0.1, 0.15) is 17.2 Å². The van der Waals surface area contributed by atoms with Gasteiger partial charge in [-0.1, -0.05) is 31.5 Å². The highest BCUT2D eigenvalue weighted by Gasteiger charge is 2.06. The zero-order chi connectivity index (χ0) is 20.2. The van der Waals surface area contributed by atoms with Crippen molar-refractivity contribution < 1.29 is 19.0 Å². The van der Waals surface area contributed by atoms with Crippen LogP contribution >= 0.6 is 0 Å². The van der Waals surface area contributed by atoms with Crippen LogP contribution in [0.5, 0.6) is 17.2 Å². The number of ether oxygens (including phenoxy) is 3. The van der Waals surface area contributed by atoms with Gasteiger partial charge in [-0.3, -0.25) is 4.79 Å². The highest BCUT2D eigenvalue weighted by atomic mass is 16.5. The van der Waals surface area contributed by atoms with Crippen molar-refractivity contribution in [2.45, 2.75) is 33.6 Å². The Labute approximate surface area is 166 Å². The second-order valence-electron chi connectivity index (χ2n) is 6.29. The Bertz CT molecular complexity index is 773. The molecule has 0 aliphatic rings. The third-order valence-corrected chi connectivity index (χ3v) is 3.70. The van der Waals surface area contributed by atoms with Gasteiger partial charge in [-0.15, -0.1) is 0 Å². The van der Waals surface area contributed by atoms with E-state index in [9.17, 15) is 4.79 Å². The number of aryl methyl sites for hydroxylation is 1. The predicted molar refractivity (Wildman–Crippen MR) is 110 cm³/mol. The number of nitrogens with one attached hydrogen (secondary N) is 1. The maximum atomic E-state index is 11.9. The lowest BCUT2D eigenvalue weighted by Crippen LogP contribution is -2.24. The van der Waals surface area contributed by atoms with E-state index in [4.69, 9.17) is 14.2 Å². The van der Waals surface area contributed by atoms with Gasteiger partial charge in [0.05, 0.1) is 19.4 Å². The van der Waals surface area contributed by atoms with Crippen molar-refractivity contribution in [3.8, 4) is 17.2 Å². The summed E-state index contributed by atoms with van der Waals surface area (Å²) in [5, 5.41) is 4.00. The van der Waals surface area contributed by atoms with Crippen LogP contribution in [0, 0.1) is 6.92 Å². The number of hydrogen-bond acceptors (Lipinski definition) is 5. The molecule has 0 saturated heterocycles. The van der Waals surface area contributed by atoms with Crippen LogP contribution in [-0.4, -0.2) is 31.9 Å². The molecule has 0 spiro atoms. The number of amides is 1. The Morgan fingerprint density at radius 3 is 2.36 bits per heavy atom. The third-order valence-electron chi connectivity index (χ3n) is 3.70. The first kappa shape index (κ1) is 21.3. The third kappa shape index (κ3) is 7.31. The lowest BCUT2D eigenvalue weighted by atomic mass is 10.2. The molecule has 0 aliphatic heterocycles. The van der Waals surface area contributed by atoms with E-state index in [1.54, 1.807) is 6.21 Å². The van der Waals surface area contributed by atoms with Crippen molar-refractivity contribution in [1.29, 1.82) is 0 Å². The molecule has 2 aromatic rings. The minimum atomic E-state index is -0.337. The molecule has 0 aromatic heterocycles. The van der Waals surface area contributed by atoms with E-state index in [2.05, 4.69) is 17.5 Å². The summed E-state index contributed by atoms with van der Waals surface area (Å²) in [6.07, 6.45) is 3.38. The van der Waals surface area contributed by atoms with Gasteiger partial charge < -0.3 is 14.2 Å². The molecule has 0 aliphatic carbocycles. The Morgan fingerprint density at radius 1 is 0.964 bits per heavy atom. The fourth-order valence-corrected chi connectivity index (χ4v) is 2.26. The summed E-state index contributed by atoms with van der Waals surface area (Å²) < 4.78 is 16.8. The van der Waals surface area contributed by atoms with Crippen molar-refractivity contribution in [2.24, 2.45) is 5.10 Å². The lowest BCUT2D eigenvalue weighted by molar-refractivity contribution is -0.123. The summed E-state index contributed by atoms with van der Waals surface area (Å²) in [7, 11) is 0. The maximum absolute atomic E-state index is 11.9. The number of hydrogen-bond donors (Lipinski definition) is 1. The summed E-state index contributed by atoms with van der Waals surface area (Å²) in [4.78, 5) is 11.9. The minimum Gasteiger partial charge on any atom is -0.493 e. The van der Waals surface area contributed by atoms with Gasteiger partial charge in [0, 0.05) is 11.6 Å². The Balaban J connectivity index is 1.91. The fourth-order valence-electron chi connectivity index (χ4n) is 2.26. The molecular weight excluding hydrogens is 356 g/mol. The highest BCUT2D eigenvalue weighted by molar-refractivity contribution is 5.85. The van der Waals surface area contributed by atoms with Crippen molar-refractivity contribution in [3.63, 3.8) is 0 Å². The molecule has 0 bridgehead atoms. The highest BCUT2D eigenvalue weighted by Crippen LogP contribution is 2.24. The molecule has 0 unspecified atom stereocenters. The van der Waals surface area contributed by atoms with E-state index in [1.165, 1.54) is 0 Å². The number of hydrazone groups is 1. The maximum Gasteiger partial charge on any atom is 0.277 e. The number of benzene rings is 2. The monoisotopic (exact) mass is 384 g/mol. The van der Waals surface area contributed by atoms with Crippen LogP contribution in [0.4, 0.5) is 0 Å². The molecule has 0 fully saturated rings. The van der Waals surface area contributed by atoms with E-state index in [1.807, 2.05) is 56.3 Å². The topological polar surface area (TPSA) is 69.2 Å². The number of rotatable bonds is 11. The van der Waals surface area contributed by atoms with Crippen molar-refractivity contribution >= 4 is 12.1 Å². The second kappa shape index (κ2) is 11.6. The second-order valence-corrected chi connectivity index (χ2v) is 6.29. The Morgan fingerprint density at radius 2 is 1.64 bits per heavy atom. The molecule has 2 rings (SSSR count). The Kier molecular flexibility index (Phi) is 8.85. The SMILES string of the molecule is CCCOc1ccc(C=NNC(=O)COc2ccc(C)cc2)c(OCCC)c1. The minimum absolute atomic E-state index is 0.108. The van der Waals surface area contributed by atoms with Gasteiger partial charge in [0.15, 0.2) is 6.61 Å². The van der Waals surface area contributed by atoms with E-state index in [-0.39, 0.29) is 12.5 Å². The molecule has 6 nitrogen and oxygen atoms in total. The molecule has 0 saturated carbocycles. The zero-order valence-corrected chi connectivity index (χ0v) is 16.7. The van der Waals surface area contributed by atoms with Crippen molar-refractivity contribution in [2.75, 3.05) is 19.8 Å². The first-order chi connectivity index (χ1) is 13.6. The normalized spacial score (nSPS) is 10.7. The molecule has 0 atom stereocenters. The van der Waals surface area contributed by atoms with Gasteiger partial charge in [-0.2, -0.15) is 5.10 Å². The molecule has 1 N–H and O–H groups in total. The average molecular weight is 384 g/mol. The van der Waals surface area contributed by atoms with Crippen LogP contribution in [-0.2, 0) is 4.79 Å². The molecule has 0 heterocycles. The first-order valence-corrected chi connectivity index (χ1v) is 9.53. The lowest BCUT2D eigenvalue weighted by Gasteiger charge is -2.11. The standard InChI is InChI=1S/C22H28N2O4/c1-4-12-26-20-11-8-18(21(14-20)27-13-5-2)15-23-24-22(25)16-28-19-9-6-17(3)7-10-19/h6-11,14-15H,4-5,12-13,16H2,1-3H3,(H,24,25). The summed E-state index contributed by atoms with van der Waals surface area (Å²) in [6.45, 7) is 7.22. The smallest absolute Gasteiger partial charge is 0.277 e. The van der Waals surface area contributed by atoms with Crippen LogP contribution in [0.15, 0.2) is 47.6 Å². The van der Waals surface area contributed by atoms with Gasteiger partial charge in [0.25, 0.3) is 5.91 Å². The molecule has 150 valence electrons. The van der Waals surface area contributed by atoms with Crippen LogP contribution in [0.25, 0.3) is 0 Å². The van der Waals surface area contributed by atoms with E-state index in [0.29, 0.717) is 24.7 Å². The van der Waals surface area contributed by atoms with Crippen molar-refractivity contribution in [3.05, 3.63) is 53.6 Å². The van der Waals surface area contributed by atoms with Gasteiger partial charge in [0.2, 0.25) is 0 Å². The number of nitrogens with zero attached hydrogens (tertiary/aromatic N) is 1. The quantitative estimate of drug-likeness (QED) is 0.468. The molecule has 2 aromatic carbocycles. The summed E-state index contributed by atoms with van der Waals surface area (Å²) in [6, 6.07) is 13.1. The van der Waals surface area contributed by atoms with E-state index < -0.39 is 0 Å². The van der Waals surface area contributed by atoms with E-state index >= 15 is 0 Å². The largest absolute Gasteiger partial charge is 0.493 e. The zero-order valence-electron chi connectivity index (χ0n) is 16.7. The molecular formula is C22H28N2O4. The van der Waals surface area contributed by atoms with Crippen LogP contribution in [0.2, 0.25) is 0 Å². The summed E-state index contributed by atoms with van der Waals surface area (Å²) in [5.74, 6) is 1.73. The van der Waals surface area contributed by atoms with Crippen LogP contribution < -0.4 is 19.6 Å². The fraction of sp³-hybridized carbons (Fsp3) is 0.364. The summed E-state index contributed by atoms with van der Waals surface area (Å²) in [5.41, 5.74) is 4.36. The molecule has 0 radical (unpaired) electrons. The average Bonchev–Trinajstić information content (AvgIpc) is 2.71. The Hall–Kier alpha value is -3.02. The predicted octanol–water partition coefficient (Wildman–Crippen LogP) is 4.10. The molecule has 1 amide bonds. The first-order valence-electron chi connectivity index (χ1n) is 9.53. The number of carbonyl (C=O) groups is 1. The van der Waals surface area contributed by atoms with E-state index in [0.717, 1.165) is 29.7 Å². The molecule has 28 heavy (non-hydrogen) atoms. The molecule has 6 heteroatoms. The van der Waals surface area contributed by atoms with Crippen LogP contribution in [0.3, 0.4) is 0 Å². The van der Waals surface area contributed by atoms with Gasteiger partial charge in [-0.05, 0) is 44.0 Å². The van der Waals surface area contributed by atoms with Gasteiger partial charge in [-0.25, -0.2) is 5.43 Å². The number of carbonyl (C=O) groups excluding carboxylic acids is 1. The summed E-state index contributed by atoms with van der Waals surface area (Å²) >= 11 is 0. The van der Waals surface area contributed by atoms with Crippen molar-refractivity contribution in [1.82, 2.24) is 5.43 Å². The van der Waals surface area contributed by atoms with Gasteiger partial charge >= 0.3 is 0 Å².